The summed E-state index contributed by atoms with van der Waals surface area (Å²) < 4.78 is 0. The van der Waals surface area contributed by atoms with Gasteiger partial charge in [-0.3, -0.25) is 14.6 Å². The second kappa shape index (κ2) is 6.86. The monoisotopic (exact) mass is 344 g/mol. The van der Waals surface area contributed by atoms with Gasteiger partial charge in [-0.1, -0.05) is 38.3 Å². The zero-order valence-corrected chi connectivity index (χ0v) is 14.5. The molecule has 2 fully saturated rings. The third-order valence-corrected chi connectivity index (χ3v) is 5.29. The minimum absolute atomic E-state index is 0.0504. The van der Waals surface area contributed by atoms with Crippen LogP contribution in [-0.4, -0.2) is 39.5 Å². The summed E-state index contributed by atoms with van der Waals surface area (Å²) in [5.74, 6) is -1.12. The van der Waals surface area contributed by atoms with Crippen molar-refractivity contribution in [3.05, 3.63) is 35.4 Å². The fourth-order valence-electron chi connectivity index (χ4n) is 3.82. The first-order chi connectivity index (χ1) is 12.0. The molecule has 1 N–H and O–H groups in total. The summed E-state index contributed by atoms with van der Waals surface area (Å²) in [7, 11) is 0. The number of hydrazine groups is 1. The summed E-state index contributed by atoms with van der Waals surface area (Å²) in [4.78, 5) is 37.0. The third-order valence-electron chi connectivity index (χ3n) is 5.29. The topological polar surface area (TPSA) is 77.9 Å². The van der Waals surface area contributed by atoms with E-state index in [0.717, 1.165) is 31.2 Å². The highest BCUT2D eigenvalue weighted by atomic mass is 16.4. The van der Waals surface area contributed by atoms with Crippen molar-refractivity contribution in [3.63, 3.8) is 0 Å². The lowest BCUT2D eigenvalue weighted by Gasteiger charge is -2.27. The van der Waals surface area contributed by atoms with E-state index in [4.69, 9.17) is 5.11 Å². The molecular formula is C19H24N2O4. The molecule has 0 atom stereocenters. The molecule has 1 aromatic carbocycles. The number of carbonyl (C=O) groups is 3. The van der Waals surface area contributed by atoms with Crippen LogP contribution >= 0.6 is 0 Å². The number of unbranched alkanes of at least 4 members (excludes halogenated alkanes) is 1. The number of aromatic carboxylic acids is 1. The number of hydrogen-bond acceptors (Lipinski definition) is 3. The van der Waals surface area contributed by atoms with Crippen LogP contribution in [0.15, 0.2) is 24.3 Å². The highest BCUT2D eigenvalue weighted by molar-refractivity contribution is 6.10. The van der Waals surface area contributed by atoms with E-state index in [9.17, 15) is 14.4 Å². The predicted octanol–water partition coefficient (Wildman–Crippen LogP) is 2.83. The van der Waals surface area contributed by atoms with Crippen molar-refractivity contribution in [2.45, 2.75) is 52.0 Å². The van der Waals surface area contributed by atoms with Crippen LogP contribution in [-0.2, 0) is 16.1 Å². The molecule has 1 aliphatic heterocycles. The maximum absolute atomic E-state index is 13.1. The lowest BCUT2D eigenvalue weighted by atomic mass is 9.85. The van der Waals surface area contributed by atoms with Crippen LogP contribution in [0.2, 0.25) is 0 Å². The van der Waals surface area contributed by atoms with Crippen molar-refractivity contribution < 1.29 is 19.5 Å². The quantitative estimate of drug-likeness (QED) is 0.805. The van der Waals surface area contributed by atoms with Gasteiger partial charge >= 0.3 is 5.97 Å². The van der Waals surface area contributed by atoms with Gasteiger partial charge in [0.1, 0.15) is 5.41 Å². The zero-order chi connectivity index (χ0) is 18.0. The van der Waals surface area contributed by atoms with Gasteiger partial charge in [0.25, 0.3) is 11.8 Å². The normalized spacial score (nSPS) is 19.2. The molecule has 2 aliphatic rings. The summed E-state index contributed by atoms with van der Waals surface area (Å²) in [5, 5.41) is 12.2. The number of nitrogens with zero attached hydrogens (tertiary/aromatic N) is 2. The Morgan fingerprint density at radius 1 is 1.08 bits per heavy atom. The minimum atomic E-state index is -0.978. The van der Waals surface area contributed by atoms with Gasteiger partial charge in [0.2, 0.25) is 0 Å². The molecular weight excluding hydrogens is 320 g/mol. The number of benzene rings is 1. The molecule has 6 nitrogen and oxygen atoms in total. The lowest BCUT2D eigenvalue weighted by Crippen LogP contribution is -2.40. The van der Waals surface area contributed by atoms with Crippen LogP contribution in [0, 0.1) is 5.41 Å². The summed E-state index contributed by atoms with van der Waals surface area (Å²) in [5.41, 5.74) is 0.180. The van der Waals surface area contributed by atoms with Crippen molar-refractivity contribution in [3.8, 4) is 0 Å². The first-order valence-electron chi connectivity index (χ1n) is 8.95. The van der Waals surface area contributed by atoms with Crippen LogP contribution in [0.3, 0.4) is 0 Å². The van der Waals surface area contributed by atoms with Gasteiger partial charge in [-0.05, 0) is 37.0 Å². The van der Waals surface area contributed by atoms with Crippen molar-refractivity contribution in [1.82, 2.24) is 10.0 Å². The number of carboxylic acids is 1. The maximum Gasteiger partial charge on any atom is 0.335 e. The molecule has 0 radical (unpaired) electrons. The second-order valence-corrected chi connectivity index (χ2v) is 6.94. The van der Waals surface area contributed by atoms with Gasteiger partial charge in [0.15, 0.2) is 0 Å². The maximum atomic E-state index is 13.1. The highest BCUT2D eigenvalue weighted by Gasteiger charge is 2.58. The predicted molar refractivity (Wildman–Crippen MR) is 91.5 cm³/mol. The van der Waals surface area contributed by atoms with Gasteiger partial charge in [-0.15, -0.1) is 0 Å². The van der Waals surface area contributed by atoms with Gasteiger partial charge in [0.05, 0.1) is 12.1 Å². The SMILES string of the molecule is CCCCN1C(=O)C2(CCCC2)C(=O)N1Cc1ccc(C(=O)O)cc1. The number of hydrogen-bond donors (Lipinski definition) is 1. The molecule has 2 amide bonds. The first-order valence-corrected chi connectivity index (χ1v) is 8.95. The molecule has 134 valence electrons. The number of rotatable bonds is 6. The average molecular weight is 344 g/mol. The second-order valence-electron chi connectivity index (χ2n) is 6.94. The molecule has 0 bridgehead atoms. The highest BCUT2D eigenvalue weighted by Crippen LogP contribution is 2.46. The average Bonchev–Trinajstić information content (AvgIpc) is 3.17. The summed E-state index contributed by atoms with van der Waals surface area (Å²) in [6.45, 7) is 2.91. The van der Waals surface area contributed by atoms with Gasteiger partial charge in [-0.25, -0.2) is 9.80 Å². The van der Waals surface area contributed by atoms with E-state index in [1.165, 1.54) is 12.1 Å². The van der Waals surface area contributed by atoms with Gasteiger partial charge in [0, 0.05) is 6.54 Å². The van der Waals surface area contributed by atoms with E-state index < -0.39 is 11.4 Å². The molecule has 1 aliphatic carbocycles. The van der Waals surface area contributed by atoms with E-state index in [1.807, 2.05) is 0 Å². The van der Waals surface area contributed by atoms with Crippen LogP contribution in [0.1, 0.15) is 61.4 Å². The van der Waals surface area contributed by atoms with Gasteiger partial charge < -0.3 is 5.11 Å². The molecule has 0 unspecified atom stereocenters. The smallest absolute Gasteiger partial charge is 0.335 e. The zero-order valence-electron chi connectivity index (χ0n) is 14.5. The van der Waals surface area contributed by atoms with Crippen molar-refractivity contribution >= 4 is 17.8 Å². The summed E-state index contributed by atoms with van der Waals surface area (Å²) in [6.07, 6.45) is 4.92. The minimum Gasteiger partial charge on any atom is -0.478 e. The number of amides is 2. The molecule has 3 rings (SSSR count). The molecule has 6 heteroatoms. The van der Waals surface area contributed by atoms with E-state index in [1.54, 1.807) is 22.2 Å². The molecule has 1 spiro atoms. The standard InChI is InChI=1S/C19H24N2O4/c1-2-3-12-20-17(24)19(10-4-5-11-19)18(25)21(20)13-14-6-8-15(9-7-14)16(22)23/h6-9H,2-5,10-13H2,1H3,(H,22,23). The van der Waals surface area contributed by atoms with Gasteiger partial charge in [-0.2, -0.15) is 0 Å². The Morgan fingerprint density at radius 3 is 2.24 bits per heavy atom. The van der Waals surface area contributed by atoms with E-state index in [0.29, 0.717) is 25.9 Å². The van der Waals surface area contributed by atoms with Crippen molar-refractivity contribution in [2.24, 2.45) is 5.41 Å². The fraction of sp³-hybridized carbons (Fsp3) is 0.526. The summed E-state index contributed by atoms with van der Waals surface area (Å²) >= 11 is 0. The molecule has 25 heavy (non-hydrogen) atoms. The Balaban J connectivity index is 1.84. The Kier molecular flexibility index (Phi) is 4.79. The molecule has 0 aromatic heterocycles. The third kappa shape index (κ3) is 3.01. The number of carbonyl (C=O) groups excluding carboxylic acids is 2. The Hall–Kier alpha value is -2.37. The largest absolute Gasteiger partial charge is 0.478 e. The van der Waals surface area contributed by atoms with Crippen LogP contribution in [0.5, 0.6) is 0 Å². The van der Waals surface area contributed by atoms with Crippen molar-refractivity contribution in [1.29, 1.82) is 0 Å². The van der Waals surface area contributed by atoms with E-state index in [-0.39, 0.29) is 17.4 Å². The van der Waals surface area contributed by atoms with E-state index in [2.05, 4.69) is 6.92 Å². The van der Waals surface area contributed by atoms with E-state index >= 15 is 0 Å². The molecule has 1 saturated carbocycles. The lowest BCUT2D eigenvalue weighted by molar-refractivity contribution is -0.148. The Labute approximate surface area is 147 Å². The number of carboxylic acid groups (broad SMARTS) is 1. The fourth-order valence-corrected chi connectivity index (χ4v) is 3.82. The van der Waals surface area contributed by atoms with Crippen LogP contribution < -0.4 is 0 Å². The summed E-state index contributed by atoms with van der Waals surface area (Å²) in [6, 6.07) is 6.47. The Morgan fingerprint density at radius 2 is 1.68 bits per heavy atom. The Bertz CT molecular complexity index is 677. The van der Waals surface area contributed by atoms with Crippen LogP contribution in [0.25, 0.3) is 0 Å². The van der Waals surface area contributed by atoms with Crippen molar-refractivity contribution in [2.75, 3.05) is 6.54 Å². The molecule has 1 aromatic rings. The molecule has 1 saturated heterocycles. The first kappa shape index (κ1) is 17.5. The van der Waals surface area contributed by atoms with Crippen LogP contribution in [0.4, 0.5) is 0 Å². The molecule has 1 heterocycles.